The van der Waals surface area contributed by atoms with Gasteiger partial charge in [-0.3, -0.25) is 4.79 Å². The third kappa shape index (κ3) is 3.55. The molecule has 0 bridgehead atoms. The zero-order chi connectivity index (χ0) is 13.7. The summed E-state index contributed by atoms with van der Waals surface area (Å²) in [5.41, 5.74) is 1.96. The molecule has 1 aliphatic rings. The molecule has 2 unspecified atom stereocenters. The first kappa shape index (κ1) is 14.0. The highest BCUT2D eigenvalue weighted by molar-refractivity contribution is 5.94. The number of benzene rings is 1. The van der Waals surface area contributed by atoms with Gasteiger partial charge in [-0.15, -0.1) is 0 Å². The highest BCUT2D eigenvalue weighted by Crippen LogP contribution is 2.19. The largest absolute Gasteiger partial charge is 0.379 e. The van der Waals surface area contributed by atoms with Crippen LogP contribution in [0.2, 0.25) is 0 Å². The molecule has 1 aromatic rings. The summed E-state index contributed by atoms with van der Waals surface area (Å²) in [6.07, 6.45) is 1.06. The maximum absolute atomic E-state index is 12.3. The van der Waals surface area contributed by atoms with Crippen LogP contribution in [0.1, 0.15) is 18.9 Å². The Morgan fingerprint density at radius 1 is 1.37 bits per heavy atom. The lowest BCUT2D eigenvalue weighted by Gasteiger charge is -2.19. The Hall–Kier alpha value is -1.39. The fourth-order valence-corrected chi connectivity index (χ4v) is 2.28. The van der Waals surface area contributed by atoms with Crippen LogP contribution in [0, 0.1) is 12.8 Å². The van der Waals surface area contributed by atoms with Crippen LogP contribution >= 0.6 is 0 Å². The number of ether oxygens (including phenoxy) is 1. The van der Waals surface area contributed by atoms with Crippen molar-refractivity contribution in [2.75, 3.05) is 25.1 Å². The van der Waals surface area contributed by atoms with Crippen LogP contribution in [0.25, 0.3) is 0 Å². The first-order valence-corrected chi connectivity index (χ1v) is 6.90. The van der Waals surface area contributed by atoms with Gasteiger partial charge >= 0.3 is 0 Å². The van der Waals surface area contributed by atoms with E-state index >= 15 is 0 Å². The van der Waals surface area contributed by atoms with Crippen LogP contribution in [0.4, 0.5) is 5.69 Å². The lowest BCUT2D eigenvalue weighted by atomic mass is 10.0. The highest BCUT2D eigenvalue weighted by atomic mass is 16.5. The average Bonchev–Trinajstić information content (AvgIpc) is 2.87. The number of carbonyl (C=O) groups is 1. The third-order valence-electron chi connectivity index (χ3n) is 3.48. The van der Waals surface area contributed by atoms with Crippen molar-refractivity contribution in [1.29, 1.82) is 0 Å². The van der Waals surface area contributed by atoms with Crippen molar-refractivity contribution in [3.8, 4) is 0 Å². The van der Waals surface area contributed by atoms with E-state index in [0.29, 0.717) is 13.2 Å². The van der Waals surface area contributed by atoms with E-state index < -0.39 is 0 Å². The molecule has 4 nitrogen and oxygen atoms in total. The first-order chi connectivity index (χ1) is 9.22. The molecule has 1 saturated heterocycles. The van der Waals surface area contributed by atoms with Crippen LogP contribution in [-0.4, -0.2) is 31.7 Å². The minimum atomic E-state index is -0.105. The van der Waals surface area contributed by atoms with E-state index in [1.54, 1.807) is 0 Å². The Kier molecular flexibility index (Phi) is 4.93. The number of nitrogens with one attached hydrogen (secondary N) is 2. The summed E-state index contributed by atoms with van der Waals surface area (Å²) in [5, 5.41) is 6.38. The quantitative estimate of drug-likeness (QED) is 0.852. The number of carbonyl (C=O) groups excluding carboxylic acids is 1. The molecule has 0 aromatic heterocycles. The molecular weight excluding hydrogens is 240 g/mol. The number of anilines is 1. The Bertz CT molecular complexity index is 434. The van der Waals surface area contributed by atoms with Crippen molar-refractivity contribution in [1.82, 2.24) is 5.32 Å². The maximum Gasteiger partial charge on any atom is 0.231 e. The van der Waals surface area contributed by atoms with Crippen LogP contribution in [0.5, 0.6) is 0 Å². The number of rotatable bonds is 5. The van der Waals surface area contributed by atoms with Gasteiger partial charge in [0.15, 0.2) is 0 Å². The number of hydrogen-bond donors (Lipinski definition) is 2. The fourth-order valence-electron chi connectivity index (χ4n) is 2.28. The summed E-state index contributed by atoms with van der Waals surface area (Å²) in [6, 6.07) is 7.95. The van der Waals surface area contributed by atoms with Gasteiger partial charge in [0.25, 0.3) is 0 Å². The monoisotopic (exact) mass is 262 g/mol. The maximum atomic E-state index is 12.3. The van der Waals surface area contributed by atoms with Gasteiger partial charge in [0.1, 0.15) is 0 Å². The second-order valence-corrected chi connectivity index (χ2v) is 5.01. The molecule has 0 saturated carbocycles. The molecule has 1 aliphatic heterocycles. The summed E-state index contributed by atoms with van der Waals surface area (Å²) in [7, 11) is 0. The molecule has 2 N–H and O–H groups in total. The Balaban J connectivity index is 1.97. The number of para-hydroxylation sites is 1. The van der Waals surface area contributed by atoms with Crippen molar-refractivity contribution in [2.24, 2.45) is 5.92 Å². The highest BCUT2D eigenvalue weighted by Gasteiger charge is 2.33. The van der Waals surface area contributed by atoms with E-state index in [2.05, 4.69) is 17.6 Å². The summed E-state index contributed by atoms with van der Waals surface area (Å²) in [5.74, 6) is -0.0634. The first-order valence-electron chi connectivity index (χ1n) is 6.90. The lowest BCUT2D eigenvalue weighted by Crippen LogP contribution is -2.41. The lowest BCUT2D eigenvalue weighted by molar-refractivity contribution is -0.120. The van der Waals surface area contributed by atoms with Gasteiger partial charge in [0.05, 0.1) is 19.1 Å². The second-order valence-electron chi connectivity index (χ2n) is 5.01. The summed E-state index contributed by atoms with van der Waals surface area (Å²) in [4.78, 5) is 12.3. The van der Waals surface area contributed by atoms with E-state index in [9.17, 15) is 4.79 Å². The Labute approximate surface area is 114 Å². The molecule has 4 heteroatoms. The van der Waals surface area contributed by atoms with E-state index in [0.717, 1.165) is 24.2 Å². The van der Waals surface area contributed by atoms with Crippen molar-refractivity contribution in [3.05, 3.63) is 29.8 Å². The van der Waals surface area contributed by atoms with Gasteiger partial charge in [0, 0.05) is 11.7 Å². The molecule has 0 radical (unpaired) electrons. The molecule has 2 rings (SSSR count). The molecule has 1 amide bonds. The Morgan fingerprint density at radius 3 is 2.89 bits per heavy atom. The SMILES string of the molecule is CCCNC1COCC1C(=O)Nc1ccccc1C. The third-order valence-corrected chi connectivity index (χ3v) is 3.48. The minimum Gasteiger partial charge on any atom is -0.379 e. The van der Waals surface area contributed by atoms with Crippen LogP contribution < -0.4 is 10.6 Å². The van der Waals surface area contributed by atoms with E-state index in [1.807, 2.05) is 31.2 Å². The van der Waals surface area contributed by atoms with Crippen LogP contribution in [0.3, 0.4) is 0 Å². The second kappa shape index (κ2) is 6.68. The molecule has 0 aliphatic carbocycles. The summed E-state index contributed by atoms with van der Waals surface area (Å²) < 4.78 is 5.43. The van der Waals surface area contributed by atoms with Crippen LogP contribution in [0.15, 0.2) is 24.3 Å². The predicted molar refractivity (Wildman–Crippen MR) is 76.2 cm³/mol. The topological polar surface area (TPSA) is 50.4 Å². The van der Waals surface area contributed by atoms with Crippen molar-refractivity contribution >= 4 is 11.6 Å². The van der Waals surface area contributed by atoms with Crippen molar-refractivity contribution in [2.45, 2.75) is 26.3 Å². The van der Waals surface area contributed by atoms with Gasteiger partial charge in [-0.25, -0.2) is 0 Å². The number of aryl methyl sites for hydroxylation is 1. The Morgan fingerprint density at radius 2 is 2.16 bits per heavy atom. The van der Waals surface area contributed by atoms with Crippen molar-refractivity contribution in [3.63, 3.8) is 0 Å². The summed E-state index contributed by atoms with van der Waals surface area (Å²) >= 11 is 0. The molecule has 19 heavy (non-hydrogen) atoms. The molecule has 1 fully saturated rings. The zero-order valence-corrected chi connectivity index (χ0v) is 11.6. The van der Waals surface area contributed by atoms with Gasteiger partial charge < -0.3 is 15.4 Å². The average molecular weight is 262 g/mol. The molecule has 1 aromatic carbocycles. The van der Waals surface area contributed by atoms with E-state index in [-0.39, 0.29) is 17.9 Å². The number of amides is 1. The smallest absolute Gasteiger partial charge is 0.231 e. The van der Waals surface area contributed by atoms with Gasteiger partial charge in [0.2, 0.25) is 5.91 Å². The molecule has 104 valence electrons. The standard InChI is InChI=1S/C15H22N2O2/c1-3-8-16-14-10-19-9-12(14)15(18)17-13-7-5-4-6-11(13)2/h4-7,12,14,16H,3,8-10H2,1-2H3,(H,17,18). The van der Waals surface area contributed by atoms with Gasteiger partial charge in [-0.1, -0.05) is 25.1 Å². The normalized spacial score (nSPS) is 22.4. The zero-order valence-electron chi connectivity index (χ0n) is 11.6. The molecule has 2 atom stereocenters. The van der Waals surface area contributed by atoms with Gasteiger partial charge in [-0.05, 0) is 31.5 Å². The van der Waals surface area contributed by atoms with Gasteiger partial charge in [-0.2, -0.15) is 0 Å². The van der Waals surface area contributed by atoms with E-state index in [1.165, 1.54) is 0 Å². The minimum absolute atomic E-state index is 0.0420. The molecular formula is C15H22N2O2. The van der Waals surface area contributed by atoms with E-state index in [4.69, 9.17) is 4.74 Å². The predicted octanol–water partition coefficient (Wildman–Crippen LogP) is 1.95. The van der Waals surface area contributed by atoms with Crippen molar-refractivity contribution < 1.29 is 9.53 Å². The summed E-state index contributed by atoms with van der Waals surface area (Å²) in [6.45, 7) is 6.14. The fraction of sp³-hybridized carbons (Fsp3) is 0.533. The number of hydrogen-bond acceptors (Lipinski definition) is 3. The molecule has 0 spiro atoms. The molecule has 1 heterocycles. The van der Waals surface area contributed by atoms with Crippen LogP contribution in [-0.2, 0) is 9.53 Å².